The summed E-state index contributed by atoms with van der Waals surface area (Å²) in [6.45, 7) is 2.56. The minimum absolute atomic E-state index is 0.164. The van der Waals surface area contributed by atoms with Crippen LogP contribution in [0.3, 0.4) is 0 Å². The molecule has 1 fully saturated rings. The van der Waals surface area contributed by atoms with Crippen LogP contribution in [0.1, 0.15) is 39.0 Å². The van der Waals surface area contributed by atoms with Crippen molar-refractivity contribution >= 4 is 5.97 Å². The minimum atomic E-state index is -0.511. The molecule has 1 atom stereocenters. The van der Waals surface area contributed by atoms with Crippen molar-refractivity contribution in [2.45, 2.75) is 39.0 Å². The van der Waals surface area contributed by atoms with Crippen molar-refractivity contribution in [1.29, 1.82) is 0 Å². The number of carbonyl (C=O) groups is 1. The average molecular weight is 224 g/mol. The van der Waals surface area contributed by atoms with E-state index in [9.17, 15) is 4.79 Å². The Morgan fingerprint density at radius 3 is 3.00 bits per heavy atom. The van der Waals surface area contributed by atoms with Crippen molar-refractivity contribution in [3.63, 3.8) is 0 Å². The summed E-state index contributed by atoms with van der Waals surface area (Å²) in [7, 11) is 0. The third kappa shape index (κ3) is 3.14. The Bertz CT molecular complexity index is 279. The molecule has 0 aliphatic heterocycles. The lowest BCUT2D eigenvalue weighted by Crippen LogP contribution is -2.36. The quantitative estimate of drug-likeness (QED) is 0.311. The second kappa shape index (κ2) is 6.38. The molecule has 1 aliphatic carbocycles. The van der Waals surface area contributed by atoms with Crippen molar-refractivity contribution in [1.82, 2.24) is 0 Å². The monoisotopic (exact) mass is 224 g/mol. The molecule has 1 unspecified atom stereocenters. The molecule has 1 radical (unpaired) electrons. The van der Waals surface area contributed by atoms with Gasteiger partial charge >= 0.3 is 5.97 Å². The molecule has 1 saturated carbocycles. The van der Waals surface area contributed by atoms with Gasteiger partial charge in [0.15, 0.2) is 0 Å². The lowest BCUT2D eigenvalue weighted by atomic mass is 9.72. The normalized spacial score (nSPS) is 18.6. The zero-order valence-electron chi connectivity index (χ0n) is 9.69. The number of esters is 1. The lowest BCUT2D eigenvalue weighted by molar-refractivity contribution is -0.154. The number of hydrogen-bond donors (Lipinski definition) is 0. The predicted molar refractivity (Wildman–Crippen MR) is 60.5 cm³/mol. The van der Waals surface area contributed by atoms with Gasteiger partial charge in [-0.25, -0.2) is 0 Å². The van der Waals surface area contributed by atoms with E-state index in [2.05, 4.69) is 10.0 Å². The fourth-order valence-corrected chi connectivity index (χ4v) is 2.15. The van der Waals surface area contributed by atoms with Crippen LogP contribution in [-0.4, -0.2) is 19.1 Å². The molecule has 0 aromatic carbocycles. The summed E-state index contributed by atoms with van der Waals surface area (Å²) in [4.78, 5) is 14.6. The van der Waals surface area contributed by atoms with Crippen LogP contribution in [0, 0.1) is 11.8 Å². The van der Waals surface area contributed by atoms with Gasteiger partial charge in [-0.1, -0.05) is 18.0 Å². The van der Waals surface area contributed by atoms with E-state index in [1.807, 2.05) is 13.3 Å². The van der Waals surface area contributed by atoms with Crippen LogP contribution < -0.4 is 0 Å². The summed E-state index contributed by atoms with van der Waals surface area (Å²) >= 11 is 0. The van der Waals surface area contributed by atoms with Gasteiger partial charge in [0.2, 0.25) is 0 Å². The Labute approximate surface area is 95.8 Å². The second-order valence-corrected chi connectivity index (χ2v) is 4.03. The van der Waals surface area contributed by atoms with Gasteiger partial charge in [0.25, 0.3) is 0 Å². The highest BCUT2D eigenvalue weighted by Gasteiger charge is 2.40. The second-order valence-electron chi connectivity index (χ2n) is 4.03. The molecule has 0 heterocycles. The summed E-state index contributed by atoms with van der Waals surface area (Å²) < 4.78 is 5.11. The molecular formula is C11H18N3O2. The van der Waals surface area contributed by atoms with Crippen molar-refractivity contribution in [2.24, 2.45) is 10.5 Å². The highest BCUT2D eigenvalue weighted by atomic mass is 16.5. The topological polar surface area (TPSA) is 75.1 Å². The van der Waals surface area contributed by atoms with Gasteiger partial charge < -0.3 is 4.74 Å². The zero-order valence-corrected chi connectivity index (χ0v) is 9.69. The molecule has 0 aromatic heterocycles. The van der Waals surface area contributed by atoms with Crippen LogP contribution in [0.4, 0.5) is 0 Å². The van der Waals surface area contributed by atoms with E-state index in [4.69, 9.17) is 10.3 Å². The Balaban J connectivity index is 2.66. The van der Waals surface area contributed by atoms with Crippen molar-refractivity contribution in [2.75, 3.05) is 13.2 Å². The Morgan fingerprint density at radius 2 is 2.44 bits per heavy atom. The smallest absolute Gasteiger partial charge is 0.312 e. The Morgan fingerprint density at radius 1 is 1.62 bits per heavy atom. The Kier molecular flexibility index (Phi) is 5.12. The maximum atomic E-state index is 11.9. The highest BCUT2D eigenvalue weighted by molar-refractivity contribution is 5.78. The third-order valence-electron chi connectivity index (χ3n) is 3.02. The molecular weight excluding hydrogens is 206 g/mol. The number of rotatable bonds is 5. The number of azide groups is 1. The lowest BCUT2D eigenvalue weighted by Gasteiger charge is -2.34. The van der Waals surface area contributed by atoms with E-state index in [-0.39, 0.29) is 5.97 Å². The molecule has 1 aliphatic rings. The van der Waals surface area contributed by atoms with Crippen LogP contribution >= 0.6 is 0 Å². The Hall–Kier alpha value is -1.22. The van der Waals surface area contributed by atoms with Gasteiger partial charge in [0.05, 0.1) is 12.0 Å². The van der Waals surface area contributed by atoms with Crippen molar-refractivity contribution < 1.29 is 9.53 Å². The molecule has 16 heavy (non-hydrogen) atoms. The van der Waals surface area contributed by atoms with Crippen LogP contribution in [0.2, 0.25) is 0 Å². The first-order chi connectivity index (χ1) is 7.75. The fraction of sp³-hybridized carbons (Fsp3) is 0.818. The van der Waals surface area contributed by atoms with Gasteiger partial charge in [-0.05, 0) is 38.1 Å². The first kappa shape index (κ1) is 12.8. The molecule has 0 aromatic rings. The maximum Gasteiger partial charge on any atom is 0.312 e. The number of carbonyl (C=O) groups excluding carboxylic acids is 1. The van der Waals surface area contributed by atoms with E-state index >= 15 is 0 Å². The molecule has 89 valence electrons. The van der Waals surface area contributed by atoms with Crippen LogP contribution in [0.25, 0.3) is 10.4 Å². The molecule has 5 heteroatoms. The van der Waals surface area contributed by atoms with E-state index < -0.39 is 5.41 Å². The SMILES string of the molecule is CCOC(=O)C1(CCN=[N+]=[N-])[CH]CCCC1. The highest BCUT2D eigenvalue weighted by Crippen LogP contribution is 2.39. The van der Waals surface area contributed by atoms with E-state index in [1.165, 1.54) is 0 Å². The zero-order chi connectivity index (χ0) is 11.9. The molecule has 5 nitrogen and oxygen atoms in total. The van der Waals surface area contributed by atoms with Crippen LogP contribution in [0.15, 0.2) is 5.11 Å². The third-order valence-corrected chi connectivity index (χ3v) is 3.02. The molecule has 0 bridgehead atoms. The minimum Gasteiger partial charge on any atom is -0.466 e. The summed E-state index contributed by atoms with van der Waals surface area (Å²) in [5, 5.41) is 3.51. The number of hydrogen-bond acceptors (Lipinski definition) is 3. The van der Waals surface area contributed by atoms with Crippen molar-refractivity contribution in [3.05, 3.63) is 16.9 Å². The standard InChI is InChI=1S/C11H18N3O2/c1-2-16-10(15)11(8-9-13-14-12)6-4-3-5-7-11/h6H,2-5,7-9H2,1H3. The van der Waals surface area contributed by atoms with Crippen molar-refractivity contribution in [3.8, 4) is 0 Å². The fourth-order valence-electron chi connectivity index (χ4n) is 2.15. The van der Waals surface area contributed by atoms with Gasteiger partial charge in [0.1, 0.15) is 0 Å². The largest absolute Gasteiger partial charge is 0.466 e. The van der Waals surface area contributed by atoms with Crippen LogP contribution in [-0.2, 0) is 9.53 Å². The average Bonchev–Trinajstić information content (AvgIpc) is 2.31. The summed E-state index contributed by atoms with van der Waals surface area (Å²) in [6.07, 6.45) is 6.52. The maximum absolute atomic E-state index is 11.9. The predicted octanol–water partition coefficient (Wildman–Crippen LogP) is 3.01. The number of nitrogens with zero attached hydrogens (tertiary/aromatic N) is 3. The van der Waals surface area contributed by atoms with E-state index in [1.54, 1.807) is 0 Å². The number of ether oxygens (including phenoxy) is 1. The van der Waals surface area contributed by atoms with Gasteiger partial charge in [-0.2, -0.15) is 0 Å². The molecule has 0 spiro atoms. The summed E-state index contributed by atoms with van der Waals surface area (Å²) in [5.41, 5.74) is 7.74. The van der Waals surface area contributed by atoms with E-state index in [0.717, 1.165) is 25.7 Å². The summed E-state index contributed by atoms with van der Waals surface area (Å²) in [6, 6.07) is 0. The molecule has 0 N–H and O–H groups in total. The van der Waals surface area contributed by atoms with Gasteiger partial charge in [-0.15, -0.1) is 0 Å². The molecule has 1 rings (SSSR count). The summed E-state index contributed by atoms with van der Waals surface area (Å²) in [5.74, 6) is -0.164. The molecule has 0 saturated heterocycles. The van der Waals surface area contributed by atoms with Gasteiger partial charge in [0, 0.05) is 11.5 Å². The molecule has 0 amide bonds. The van der Waals surface area contributed by atoms with E-state index in [0.29, 0.717) is 19.6 Å². The first-order valence-electron chi connectivity index (χ1n) is 5.77. The van der Waals surface area contributed by atoms with Gasteiger partial charge in [-0.3, -0.25) is 4.79 Å². The first-order valence-corrected chi connectivity index (χ1v) is 5.77. The van der Waals surface area contributed by atoms with Crippen LogP contribution in [0.5, 0.6) is 0 Å².